The van der Waals surface area contributed by atoms with E-state index in [2.05, 4.69) is 11.3 Å². The molecule has 0 aromatic carbocycles. The third-order valence-corrected chi connectivity index (χ3v) is 3.37. The highest BCUT2D eigenvalue weighted by Crippen LogP contribution is 2.42. The number of ether oxygens (including phenoxy) is 3. The maximum Gasteiger partial charge on any atom is 0.344 e. The number of carbonyl (C=O) groups is 3. The van der Waals surface area contributed by atoms with Gasteiger partial charge in [-0.2, -0.15) is 0 Å². The first-order chi connectivity index (χ1) is 9.32. The van der Waals surface area contributed by atoms with Crippen LogP contribution in [-0.4, -0.2) is 41.5 Å². The van der Waals surface area contributed by atoms with Crippen LogP contribution in [0.4, 0.5) is 0 Å². The van der Waals surface area contributed by atoms with Gasteiger partial charge in [0.05, 0.1) is 5.92 Å². The molecule has 0 aromatic heterocycles. The van der Waals surface area contributed by atoms with Crippen molar-refractivity contribution in [1.29, 1.82) is 0 Å². The molecule has 2 bridgehead atoms. The smallest absolute Gasteiger partial charge is 0.344 e. The van der Waals surface area contributed by atoms with Gasteiger partial charge in [0, 0.05) is 12.0 Å². The lowest BCUT2D eigenvalue weighted by Gasteiger charge is -2.32. The van der Waals surface area contributed by atoms with Crippen molar-refractivity contribution >= 4 is 17.9 Å². The summed E-state index contributed by atoms with van der Waals surface area (Å²) < 4.78 is 14.5. The zero-order chi connectivity index (χ0) is 14.9. The first kappa shape index (κ1) is 14.5. The van der Waals surface area contributed by atoms with Gasteiger partial charge in [0.2, 0.25) is 5.79 Å². The van der Waals surface area contributed by atoms with Crippen molar-refractivity contribution in [2.75, 3.05) is 6.61 Å². The average Bonchev–Trinajstić information content (AvgIpc) is 2.61. The monoisotopic (exact) mass is 284 g/mol. The van der Waals surface area contributed by atoms with E-state index in [1.165, 1.54) is 6.92 Å². The minimum absolute atomic E-state index is 0.120. The largest absolute Gasteiger partial charge is 0.453 e. The van der Waals surface area contributed by atoms with Gasteiger partial charge < -0.3 is 19.3 Å². The van der Waals surface area contributed by atoms with Gasteiger partial charge in [-0.05, 0) is 19.8 Å². The molecule has 2 fully saturated rings. The van der Waals surface area contributed by atoms with E-state index < -0.39 is 36.4 Å². The molecule has 20 heavy (non-hydrogen) atoms. The summed E-state index contributed by atoms with van der Waals surface area (Å²) in [5, 5.41) is 10.1. The lowest BCUT2D eigenvalue weighted by molar-refractivity contribution is -0.241. The Balaban J connectivity index is 1.87. The molecule has 110 valence electrons. The van der Waals surface area contributed by atoms with Crippen molar-refractivity contribution in [2.24, 2.45) is 5.92 Å². The molecule has 3 unspecified atom stereocenters. The highest BCUT2D eigenvalue weighted by Gasteiger charge is 2.56. The molecule has 1 heterocycles. The number of aliphatic hydroxyl groups is 1. The minimum Gasteiger partial charge on any atom is -0.453 e. The maximum absolute atomic E-state index is 11.6. The van der Waals surface area contributed by atoms with E-state index in [4.69, 9.17) is 9.47 Å². The summed E-state index contributed by atoms with van der Waals surface area (Å²) in [6, 6.07) is 0. The van der Waals surface area contributed by atoms with Crippen LogP contribution in [0.1, 0.15) is 26.2 Å². The Morgan fingerprint density at radius 2 is 2.20 bits per heavy atom. The lowest BCUT2D eigenvalue weighted by atomic mass is 9.86. The molecule has 0 aromatic rings. The predicted molar refractivity (Wildman–Crippen MR) is 64.0 cm³/mol. The van der Waals surface area contributed by atoms with Crippen molar-refractivity contribution in [3.8, 4) is 0 Å². The predicted octanol–water partition coefficient (Wildman–Crippen LogP) is 0.0630. The second kappa shape index (κ2) is 5.24. The molecule has 7 nitrogen and oxygen atoms in total. The third-order valence-electron chi connectivity index (χ3n) is 3.37. The van der Waals surface area contributed by atoms with Gasteiger partial charge in [0.1, 0.15) is 0 Å². The van der Waals surface area contributed by atoms with E-state index >= 15 is 0 Å². The van der Waals surface area contributed by atoms with E-state index in [0.29, 0.717) is 12.8 Å². The van der Waals surface area contributed by atoms with E-state index in [1.807, 2.05) is 0 Å². The van der Waals surface area contributed by atoms with Crippen LogP contribution in [0.25, 0.3) is 0 Å². The molecule has 0 amide bonds. The second-order valence-corrected chi connectivity index (χ2v) is 5.08. The number of rotatable bonds is 4. The highest BCUT2D eigenvalue weighted by atomic mass is 16.7. The maximum atomic E-state index is 11.6. The minimum atomic E-state index is -1.76. The Morgan fingerprint density at radius 1 is 1.50 bits per heavy atom. The van der Waals surface area contributed by atoms with Gasteiger partial charge in [-0.15, -0.1) is 0 Å². The molecule has 0 spiro atoms. The van der Waals surface area contributed by atoms with Crippen LogP contribution in [0, 0.1) is 5.92 Å². The van der Waals surface area contributed by atoms with Crippen LogP contribution in [0.2, 0.25) is 0 Å². The van der Waals surface area contributed by atoms with Crippen LogP contribution in [0.3, 0.4) is 0 Å². The van der Waals surface area contributed by atoms with Gasteiger partial charge in [-0.1, -0.05) is 6.58 Å². The second-order valence-electron chi connectivity index (χ2n) is 5.08. The van der Waals surface area contributed by atoms with Gasteiger partial charge in [0.15, 0.2) is 12.7 Å². The molecule has 1 saturated heterocycles. The average molecular weight is 284 g/mol. The Hall–Kier alpha value is -1.89. The van der Waals surface area contributed by atoms with Crippen molar-refractivity contribution < 1.29 is 33.7 Å². The number of fused-ring (bicyclic) bond motifs is 2. The molecule has 2 rings (SSSR count). The molecule has 1 saturated carbocycles. The molecule has 1 aliphatic heterocycles. The van der Waals surface area contributed by atoms with Gasteiger partial charge >= 0.3 is 17.9 Å². The van der Waals surface area contributed by atoms with Gasteiger partial charge in [-0.25, -0.2) is 9.59 Å². The van der Waals surface area contributed by atoms with E-state index in [0.717, 1.165) is 0 Å². The van der Waals surface area contributed by atoms with Crippen LogP contribution >= 0.6 is 0 Å². The highest BCUT2D eigenvalue weighted by molar-refractivity contribution is 5.88. The van der Waals surface area contributed by atoms with Crippen LogP contribution in [0.15, 0.2) is 12.2 Å². The fraction of sp³-hybridized carbons (Fsp3) is 0.615. The fourth-order valence-electron chi connectivity index (χ4n) is 2.32. The lowest BCUT2D eigenvalue weighted by Crippen LogP contribution is -2.47. The molecule has 2 aliphatic rings. The molecule has 1 N–H and O–H groups in total. The summed E-state index contributed by atoms with van der Waals surface area (Å²) >= 11 is 0. The molecular formula is C13H16O7. The topological polar surface area (TPSA) is 99.1 Å². The first-order valence-electron chi connectivity index (χ1n) is 6.29. The summed E-state index contributed by atoms with van der Waals surface area (Å²) in [4.78, 5) is 34.1. The van der Waals surface area contributed by atoms with E-state index in [9.17, 15) is 19.5 Å². The summed E-state index contributed by atoms with van der Waals surface area (Å²) in [6.45, 7) is 4.25. The molecular weight excluding hydrogens is 268 g/mol. The van der Waals surface area contributed by atoms with E-state index in [-0.39, 0.29) is 17.9 Å². The van der Waals surface area contributed by atoms with E-state index in [1.54, 1.807) is 0 Å². The molecule has 1 aliphatic carbocycles. The van der Waals surface area contributed by atoms with Crippen LogP contribution < -0.4 is 0 Å². The molecule has 0 radical (unpaired) electrons. The summed E-state index contributed by atoms with van der Waals surface area (Å²) in [6.07, 6.45) is 0.00814. The van der Waals surface area contributed by atoms with Crippen molar-refractivity contribution in [1.82, 2.24) is 0 Å². The van der Waals surface area contributed by atoms with Gasteiger partial charge in [-0.3, -0.25) is 4.79 Å². The third kappa shape index (κ3) is 2.82. The summed E-state index contributed by atoms with van der Waals surface area (Å²) in [5.74, 6) is -4.07. The Morgan fingerprint density at radius 3 is 2.85 bits per heavy atom. The normalized spacial score (nSPS) is 31.4. The number of hydrogen-bond acceptors (Lipinski definition) is 7. The van der Waals surface area contributed by atoms with Crippen molar-refractivity contribution in [3.63, 3.8) is 0 Å². The molecule has 7 heteroatoms. The Labute approximate surface area is 115 Å². The Kier molecular flexibility index (Phi) is 3.80. The SMILES string of the molecule is C=C(C)C(=O)OCC(=O)OC1CCC2CC1(O)OC2=O. The van der Waals surface area contributed by atoms with Crippen molar-refractivity contribution in [3.05, 3.63) is 12.2 Å². The number of esters is 3. The van der Waals surface area contributed by atoms with Crippen molar-refractivity contribution in [2.45, 2.75) is 38.1 Å². The number of hydrogen-bond donors (Lipinski definition) is 1. The summed E-state index contributed by atoms with van der Waals surface area (Å²) in [7, 11) is 0. The summed E-state index contributed by atoms with van der Waals surface area (Å²) in [5.41, 5.74) is 0.168. The Bertz CT molecular complexity index is 469. The zero-order valence-electron chi connectivity index (χ0n) is 11.1. The standard InChI is InChI=1S/C13H16O7/c1-7(2)11(15)18-6-10(14)19-9-4-3-8-5-13(9,17)20-12(8)16/h8-9,17H,1,3-6H2,2H3. The van der Waals surface area contributed by atoms with Crippen LogP contribution in [0.5, 0.6) is 0 Å². The number of carbonyl (C=O) groups excluding carboxylic acids is 3. The van der Waals surface area contributed by atoms with Gasteiger partial charge in [0.25, 0.3) is 0 Å². The van der Waals surface area contributed by atoms with Crippen LogP contribution in [-0.2, 0) is 28.6 Å². The zero-order valence-corrected chi connectivity index (χ0v) is 11.1. The quantitative estimate of drug-likeness (QED) is 0.443. The molecule has 3 atom stereocenters. The first-order valence-corrected chi connectivity index (χ1v) is 6.29. The fourth-order valence-corrected chi connectivity index (χ4v) is 2.32.